The number of carbonyl (C=O) groups is 1. The lowest BCUT2D eigenvalue weighted by molar-refractivity contribution is 0.102. The highest BCUT2D eigenvalue weighted by atomic mass is 16.5. The molecule has 1 atom stereocenters. The summed E-state index contributed by atoms with van der Waals surface area (Å²) in [6.45, 7) is 7.76. The van der Waals surface area contributed by atoms with E-state index in [4.69, 9.17) is 4.74 Å². The Morgan fingerprint density at radius 3 is 2.31 bits per heavy atom. The fourth-order valence-corrected chi connectivity index (χ4v) is 2.89. The van der Waals surface area contributed by atoms with Crippen LogP contribution >= 0.6 is 0 Å². The maximum Gasteiger partial charge on any atom is 0.274 e. The predicted molar refractivity (Wildman–Crippen MR) is 115 cm³/mol. The first-order valence-electron chi connectivity index (χ1n) is 9.66. The van der Waals surface area contributed by atoms with Gasteiger partial charge in [0, 0.05) is 17.8 Å². The highest BCUT2D eigenvalue weighted by Gasteiger charge is 2.13. The largest absolute Gasteiger partial charge is 0.491 e. The van der Waals surface area contributed by atoms with E-state index in [0.717, 1.165) is 11.3 Å². The van der Waals surface area contributed by atoms with Gasteiger partial charge in [-0.05, 0) is 57.5 Å². The van der Waals surface area contributed by atoms with Crippen molar-refractivity contribution in [2.24, 2.45) is 0 Å². The van der Waals surface area contributed by atoms with Crippen LogP contribution in [-0.4, -0.2) is 22.0 Å². The Kier molecular flexibility index (Phi) is 6.44. The molecule has 0 bridgehead atoms. The molecule has 1 aromatic heterocycles. The van der Waals surface area contributed by atoms with Crippen LogP contribution in [-0.2, 0) is 0 Å². The number of nitrogens with zero attached hydrogens (tertiary/aromatic N) is 2. The molecule has 1 heterocycles. The number of carbonyl (C=O) groups excluding carboxylic acids is 1. The van der Waals surface area contributed by atoms with Crippen molar-refractivity contribution in [3.63, 3.8) is 0 Å². The lowest BCUT2D eigenvalue weighted by Gasteiger charge is -2.16. The van der Waals surface area contributed by atoms with Crippen molar-refractivity contribution >= 4 is 17.4 Å². The van der Waals surface area contributed by atoms with E-state index >= 15 is 0 Å². The Hall–Kier alpha value is -3.41. The fourth-order valence-electron chi connectivity index (χ4n) is 2.89. The highest BCUT2D eigenvalue weighted by Crippen LogP contribution is 2.20. The molecule has 0 aliphatic carbocycles. The first kappa shape index (κ1) is 20.3. The first-order valence-corrected chi connectivity index (χ1v) is 9.66. The second-order valence-corrected chi connectivity index (χ2v) is 7.11. The van der Waals surface area contributed by atoms with Crippen LogP contribution in [0.5, 0.6) is 5.75 Å². The van der Waals surface area contributed by atoms with Crippen molar-refractivity contribution in [1.29, 1.82) is 0 Å². The standard InChI is InChI=1S/C23H26N4O2/c1-15(2)29-20-12-10-19(11-13-20)27-23(28)21-14-22(26-17(4)25-21)24-16(3)18-8-6-5-7-9-18/h5-16H,1-4H3,(H,27,28)(H,24,25,26). The summed E-state index contributed by atoms with van der Waals surface area (Å²) >= 11 is 0. The van der Waals surface area contributed by atoms with E-state index in [2.05, 4.69) is 20.6 Å². The third-order valence-electron chi connectivity index (χ3n) is 4.22. The van der Waals surface area contributed by atoms with Crippen molar-refractivity contribution in [3.8, 4) is 5.75 Å². The molecule has 0 fully saturated rings. The Labute approximate surface area is 171 Å². The van der Waals surface area contributed by atoms with Gasteiger partial charge in [-0.1, -0.05) is 30.3 Å². The van der Waals surface area contributed by atoms with Crippen LogP contribution in [0.4, 0.5) is 11.5 Å². The molecule has 29 heavy (non-hydrogen) atoms. The van der Waals surface area contributed by atoms with Gasteiger partial charge in [0.1, 0.15) is 23.1 Å². The minimum absolute atomic E-state index is 0.0508. The topological polar surface area (TPSA) is 76.1 Å². The van der Waals surface area contributed by atoms with Crippen molar-refractivity contribution < 1.29 is 9.53 Å². The number of rotatable bonds is 7. The van der Waals surface area contributed by atoms with Gasteiger partial charge >= 0.3 is 0 Å². The number of ether oxygens (including phenoxy) is 1. The zero-order chi connectivity index (χ0) is 20.8. The third kappa shape index (κ3) is 5.78. The maximum atomic E-state index is 12.7. The van der Waals surface area contributed by atoms with Crippen LogP contribution in [0.1, 0.15) is 48.7 Å². The average Bonchev–Trinajstić information content (AvgIpc) is 2.69. The molecular weight excluding hydrogens is 364 g/mol. The quantitative estimate of drug-likeness (QED) is 0.594. The molecule has 150 valence electrons. The van der Waals surface area contributed by atoms with Crippen LogP contribution < -0.4 is 15.4 Å². The van der Waals surface area contributed by atoms with Crippen LogP contribution in [0.25, 0.3) is 0 Å². The summed E-state index contributed by atoms with van der Waals surface area (Å²) in [5.41, 5.74) is 2.12. The van der Waals surface area contributed by atoms with Gasteiger partial charge in [-0.2, -0.15) is 0 Å². The third-order valence-corrected chi connectivity index (χ3v) is 4.22. The van der Waals surface area contributed by atoms with Gasteiger partial charge in [-0.15, -0.1) is 0 Å². The first-order chi connectivity index (χ1) is 13.9. The molecule has 0 radical (unpaired) electrons. The van der Waals surface area contributed by atoms with Gasteiger partial charge in [-0.3, -0.25) is 4.79 Å². The Balaban J connectivity index is 1.70. The van der Waals surface area contributed by atoms with Crippen molar-refractivity contribution in [2.75, 3.05) is 10.6 Å². The summed E-state index contributed by atoms with van der Waals surface area (Å²) < 4.78 is 5.62. The van der Waals surface area contributed by atoms with Crippen molar-refractivity contribution in [2.45, 2.75) is 39.8 Å². The number of benzene rings is 2. The molecule has 3 aromatic rings. The SMILES string of the molecule is Cc1nc(NC(C)c2ccccc2)cc(C(=O)Nc2ccc(OC(C)C)cc2)n1. The molecule has 0 saturated heterocycles. The van der Waals surface area contributed by atoms with Gasteiger partial charge in [0.15, 0.2) is 0 Å². The van der Waals surface area contributed by atoms with E-state index in [1.165, 1.54) is 0 Å². The molecule has 0 saturated carbocycles. The van der Waals surface area contributed by atoms with E-state index < -0.39 is 0 Å². The molecule has 3 rings (SSSR count). The second kappa shape index (κ2) is 9.19. The fraction of sp³-hybridized carbons (Fsp3) is 0.261. The highest BCUT2D eigenvalue weighted by molar-refractivity contribution is 6.03. The predicted octanol–water partition coefficient (Wildman–Crippen LogP) is 5.00. The Morgan fingerprint density at radius 2 is 1.66 bits per heavy atom. The molecule has 2 aromatic carbocycles. The molecule has 0 spiro atoms. The summed E-state index contributed by atoms with van der Waals surface area (Å²) in [6.07, 6.45) is 0.101. The van der Waals surface area contributed by atoms with Gasteiger partial charge in [-0.25, -0.2) is 9.97 Å². The zero-order valence-electron chi connectivity index (χ0n) is 17.1. The molecule has 1 unspecified atom stereocenters. The molecule has 6 heteroatoms. The molecular formula is C23H26N4O2. The van der Waals surface area contributed by atoms with Crippen molar-refractivity contribution in [3.05, 3.63) is 77.7 Å². The minimum atomic E-state index is -0.288. The number of hydrogen-bond acceptors (Lipinski definition) is 5. The summed E-state index contributed by atoms with van der Waals surface area (Å²) in [5, 5.41) is 6.20. The number of aryl methyl sites for hydroxylation is 1. The van der Waals surface area contributed by atoms with Gasteiger partial charge in [0.05, 0.1) is 6.10 Å². The Morgan fingerprint density at radius 1 is 0.966 bits per heavy atom. The average molecular weight is 390 g/mol. The molecule has 6 nitrogen and oxygen atoms in total. The van der Waals surface area contributed by atoms with E-state index in [9.17, 15) is 4.79 Å². The Bertz CT molecular complexity index is 956. The van der Waals surface area contributed by atoms with E-state index in [-0.39, 0.29) is 18.1 Å². The van der Waals surface area contributed by atoms with Gasteiger partial charge < -0.3 is 15.4 Å². The molecule has 0 aliphatic heterocycles. The van der Waals surface area contributed by atoms with Gasteiger partial charge in [0.2, 0.25) is 0 Å². The molecule has 0 aliphatic rings. The number of hydrogen-bond donors (Lipinski definition) is 2. The molecule has 2 N–H and O–H groups in total. The maximum absolute atomic E-state index is 12.7. The van der Waals surface area contributed by atoms with E-state index in [0.29, 0.717) is 23.0 Å². The van der Waals surface area contributed by atoms with Gasteiger partial charge in [0.25, 0.3) is 5.91 Å². The summed E-state index contributed by atoms with van der Waals surface area (Å²) in [6, 6.07) is 19.1. The number of amides is 1. The lowest BCUT2D eigenvalue weighted by atomic mass is 10.1. The van der Waals surface area contributed by atoms with Crippen molar-refractivity contribution in [1.82, 2.24) is 9.97 Å². The summed E-state index contributed by atoms with van der Waals surface area (Å²) in [4.78, 5) is 21.4. The lowest BCUT2D eigenvalue weighted by Crippen LogP contribution is -2.16. The van der Waals surface area contributed by atoms with E-state index in [1.54, 1.807) is 25.1 Å². The van der Waals surface area contributed by atoms with E-state index in [1.807, 2.05) is 63.2 Å². The zero-order valence-corrected chi connectivity index (χ0v) is 17.1. The number of anilines is 2. The number of aromatic nitrogens is 2. The monoisotopic (exact) mass is 390 g/mol. The van der Waals surface area contributed by atoms with Crippen LogP contribution in [0.2, 0.25) is 0 Å². The smallest absolute Gasteiger partial charge is 0.274 e. The van der Waals surface area contributed by atoms with Crippen LogP contribution in [0.3, 0.4) is 0 Å². The second-order valence-electron chi connectivity index (χ2n) is 7.11. The molecule has 1 amide bonds. The summed E-state index contributed by atoms with van der Waals surface area (Å²) in [7, 11) is 0. The van der Waals surface area contributed by atoms with Crippen LogP contribution in [0, 0.1) is 6.92 Å². The summed E-state index contributed by atoms with van der Waals surface area (Å²) in [5.74, 6) is 1.61. The normalized spacial score (nSPS) is 11.8. The van der Waals surface area contributed by atoms with Crippen LogP contribution in [0.15, 0.2) is 60.7 Å². The number of nitrogens with one attached hydrogen (secondary N) is 2. The minimum Gasteiger partial charge on any atom is -0.491 e.